The van der Waals surface area contributed by atoms with Crippen LogP contribution >= 0.6 is 0 Å². The highest BCUT2D eigenvalue weighted by Gasteiger charge is 2.71. The maximum absolute atomic E-state index is 12.0. The first kappa shape index (κ1) is 27.1. The molecule has 4 fully saturated rings. The fourth-order valence-corrected chi connectivity index (χ4v) is 11.6. The highest BCUT2D eigenvalue weighted by molar-refractivity contribution is 5.36. The van der Waals surface area contributed by atoms with Crippen LogP contribution in [0.4, 0.5) is 0 Å². The Morgan fingerprint density at radius 1 is 0.861 bits per heavy atom. The van der Waals surface area contributed by atoms with Crippen LogP contribution in [0.15, 0.2) is 11.6 Å². The van der Waals surface area contributed by atoms with Crippen molar-refractivity contribution in [3.05, 3.63) is 11.6 Å². The second kappa shape index (κ2) is 8.03. The van der Waals surface area contributed by atoms with Gasteiger partial charge in [0.15, 0.2) is 0 Å². The van der Waals surface area contributed by atoms with Gasteiger partial charge >= 0.3 is 0 Å². The van der Waals surface area contributed by atoms with E-state index in [1.807, 2.05) is 0 Å². The number of allylic oxidation sites excluding steroid dienone is 2. The summed E-state index contributed by atoms with van der Waals surface area (Å²) < 4.78 is 0. The lowest BCUT2D eigenvalue weighted by Gasteiger charge is -2.73. The lowest BCUT2D eigenvalue weighted by atomic mass is 9.32. The smallest absolute Gasteiger partial charge is 0.0626 e. The zero-order valence-electron chi connectivity index (χ0n) is 24.0. The second-order valence-corrected chi connectivity index (χ2v) is 15.6. The molecule has 5 rings (SSSR count). The van der Waals surface area contributed by atoms with Gasteiger partial charge in [-0.2, -0.15) is 0 Å². The highest BCUT2D eigenvalue weighted by Crippen LogP contribution is 2.76. The van der Waals surface area contributed by atoms with Crippen LogP contribution in [0.1, 0.15) is 93.4 Å². The van der Waals surface area contributed by atoms with Crippen molar-refractivity contribution < 1.29 is 15.3 Å². The Kier molecular flexibility index (Phi) is 6.05. The third-order valence-electron chi connectivity index (χ3n) is 14.2. The number of nitrogens with two attached hydrogens (primary N) is 2. The summed E-state index contributed by atoms with van der Waals surface area (Å²) in [5.41, 5.74) is 13.6. The molecule has 5 aliphatic carbocycles. The van der Waals surface area contributed by atoms with Crippen LogP contribution in [0.3, 0.4) is 0 Å². The Labute approximate surface area is 219 Å². The van der Waals surface area contributed by atoms with Crippen molar-refractivity contribution in [3.63, 3.8) is 0 Å². The maximum atomic E-state index is 12.0. The number of rotatable bonds is 2. The average Bonchev–Trinajstić information content (AvgIpc) is 2.81. The summed E-state index contributed by atoms with van der Waals surface area (Å²) in [5, 5.41) is 34.3. The monoisotopic (exact) mass is 502 g/mol. The van der Waals surface area contributed by atoms with Gasteiger partial charge in [0.05, 0.1) is 18.3 Å². The van der Waals surface area contributed by atoms with Gasteiger partial charge in [0.1, 0.15) is 0 Å². The lowest BCUT2D eigenvalue weighted by molar-refractivity contribution is -0.231. The van der Waals surface area contributed by atoms with Crippen LogP contribution in [0, 0.1) is 56.2 Å². The Hall–Kier alpha value is -0.460. The molecule has 0 heterocycles. The normalized spacial score (nSPS) is 58.1. The van der Waals surface area contributed by atoms with Crippen molar-refractivity contribution in [1.82, 2.24) is 0 Å². The molecule has 0 radical (unpaired) electrons. The minimum absolute atomic E-state index is 0.0550. The Morgan fingerprint density at radius 2 is 1.53 bits per heavy atom. The number of aliphatic hydroxyl groups is 3. The van der Waals surface area contributed by atoms with Crippen molar-refractivity contribution in [2.45, 2.75) is 112 Å². The van der Waals surface area contributed by atoms with Gasteiger partial charge in [-0.25, -0.2) is 0 Å². The second-order valence-electron chi connectivity index (χ2n) is 15.6. The van der Waals surface area contributed by atoms with Gasteiger partial charge in [0.2, 0.25) is 0 Å². The molecule has 0 amide bonds. The molecule has 0 spiro atoms. The molecule has 206 valence electrons. The number of fused-ring (bicyclic) bond motifs is 7. The molecule has 0 saturated heterocycles. The van der Waals surface area contributed by atoms with E-state index in [0.717, 1.165) is 38.5 Å². The van der Waals surface area contributed by atoms with Gasteiger partial charge in [-0.1, -0.05) is 60.1 Å². The first-order chi connectivity index (χ1) is 16.6. The van der Waals surface area contributed by atoms with Crippen molar-refractivity contribution >= 4 is 0 Å². The largest absolute Gasteiger partial charge is 0.392 e. The summed E-state index contributed by atoms with van der Waals surface area (Å²) in [6, 6.07) is 0. The molecule has 5 heteroatoms. The number of hydrogen-bond donors (Lipinski definition) is 5. The molecule has 3 unspecified atom stereocenters. The molecule has 5 nitrogen and oxygen atoms in total. The molecule has 7 N–H and O–H groups in total. The summed E-state index contributed by atoms with van der Waals surface area (Å²) >= 11 is 0. The molecular formula is C31H54N2O3. The Morgan fingerprint density at radius 3 is 2.14 bits per heavy atom. The molecule has 12 atom stereocenters. The fourth-order valence-electron chi connectivity index (χ4n) is 11.6. The molecule has 0 bridgehead atoms. The average molecular weight is 503 g/mol. The molecule has 4 saturated carbocycles. The third kappa shape index (κ3) is 2.96. The van der Waals surface area contributed by atoms with Gasteiger partial charge in [0, 0.05) is 23.9 Å². The summed E-state index contributed by atoms with van der Waals surface area (Å²) in [7, 11) is 0. The number of aliphatic hydroxyl groups excluding tert-OH is 3. The maximum Gasteiger partial charge on any atom is 0.0626 e. The first-order valence-electron chi connectivity index (χ1n) is 14.7. The quantitative estimate of drug-likeness (QED) is 0.363. The molecule has 0 aromatic carbocycles. The standard InChI is InChI=1S/C31H54N2O3/c1-18-25(36)26(2,3)14-20-19-8-9-22-27(4)12-11-23(34)28(5,16-32)21(27)10-13-29(22,6)30(19,7)15-24(35)31(18,20)17-33/h8,18,20-25,34-36H,9-17,32-33H2,1-7H3/t18-,20?,21?,22?,23-,24+,25-,27-,28+,29+,30+,31-/m0/s1. The van der Waals surface area contributed by atoms with Crippen molar-refractivity contribution in [3.8, 4) is 0 Å². The van der Waals surface area contributed by atoms with Crippen LogP contribution in [0.25, 0.3) is 0 Å². The lowest BCUT2D eigenvalue weighted by Crippen LogP contribution is -2.70. The Bertz CT molecular complexity index is 935. The van der Waals surface area contributed by atoms with E-state index in [0.29, 0.717) is 31.3 Å². The molecule has 0 aromatic rings. The minimum atomic E-state index is -0.529. The summed E-state index contributed by atoms with van der Waals surface area (Å²) in [5.74, 6) is 1.04. The van der Waals surface area contributed by atoms with E-state index in [1.165, 1.54) is 5.57 Å². The van der Waals surface area contributed by atoms with E-state index in [9.17, 15) is 15.3 Å². The van der Waals surface area contributed by atoms with E-state index >= 15 is 0 Å². The summed E-state index contributed by atoms with van der Waals surface area (Å²) in [6.07, 6.45) is 7.93. The minimum Gasteiger partial charge on any atom is -0.392 e. The van der Waals surface area contributed by atoms with Crippen LogP contribution in [-0.2, 0) is 0 Å². The van der Waals surface area contributed by atoms with E-state index in [2.05, 4.69) is 54.5 Å². The van der Waals surface area contributed by atoms with E-state index in [1.54, 1.807) is 0 Å². The van der Waals surface area contributed by atoms with Crippen LogP contribution < -0.4 is 11.5 Å². The molecule has 0 aliphatic heterocycles. The van der Waals surface area contributed by atoms with E-state index in [-0.39, 0.29) is 45.0 Å². The molecule has 36 heavy (non-hydrogen) atoms. The topological polar surface area (TPSA) is 113 Å². The molecular weight excluding hydrogens is 448 g/mol. The van der Waals surface area contributed by atoms with E-state index < -0.39 is 17.6 Å². The van der Waals surface area contributed by atoms with E-state index in [4.69, 9.17) is 11.5 Å². The summed E-state index contributed by atoms with van der Waals surface area (Å²) in [4.78, 5) is 0. The third-order valence-corrected chi connectivity index (χ3v) is 14.2. The van der Waals surface area contributed by atoms with Crippen molar-refractivity contribution in [2.24, 2.45) is 67.6 Å². The Balaban J connectivity index is 1.63. The predicted molar refractivity (Wildman–Crippen MR) is 145 cm³/mol. The SMILES string of the molecule is C[C@H]1[C@H](O)C(C)(C)CC2C3=CCC4[C@@]5(C)CC[C@H](O)[C@](C)(CN)C5CC[C@@]4(C)[C@]3(C)C[C@@H](O)[C@]21CN. The zero-order chi connectivity index (χ0) is 26.7. The number of hydrogen-bond acceptors (Lipinski definition) is 5. The first-order valence-corrected chi connectivity index (χ1v) is 14.7. The predicted octanol–water partition coefficient (Wildman–Crippen LogP) is 4.23. The highest BCUT2D eigenvalue weighted by atomic mass is 16.3. The van der Waals surface area contributed by atoms with Crippen molar-refractivity contribution in [1.29, 1.82) is 0 Å². The van der Waals surface area contributed by atoms with Gasteiger partial charge in [0.25, 0.3) is 0 Å². The fraction of sp³-hybridized carbons (Fsp3) is 0.935. The summed E-state index contributed by atoms with van der Waals surface area (Å²) in [6.45, 7) is 17.1. The molecule has 5 aliphatic rings. The molecule has 0 aromatic heterocycles. The van der Waals surface area contributed by atoms with Crippen LogP contribution in [0.5, 0.6) is 0 Å². The van der Waals surface area contributed by atoms with Gasteiger partial charge < -0.3 is 26.8 Å². The van der Waals surface area contributed by atoms with Gasteiger partial charge in [-0.3, -0.25) is 0 Å². The van der Waals surface area contributed by atoms with Crippen LogP contribution in [0.2, 0.25) is 0 Å². The zero-order valence-corrected chi connectivity index (χ0v) is 24.0. The van der Waals surface area contributed by atoms with Crippen molar-refractivity contribution in [2.75, 3.05) is 13.1 Å². The van der Waals surface area contributed by atoms with Crippen LogP contribution in [-0.4, -0.2) is 46.7 Å². The van der Waals surface area contributed by atoms with Gasteiger partial charge in [-0.05, 0) is 90.3 Å². The van der Waals surface area contributed by atoms with Gasteiger partial charge in [-0.15, -0.1) is 0 Å².